The van der Waals surface area contributed by atoms with Crippen molar-refractivity contribution >= 4 is 6.29 Å². The van der Waals surface area contributed by atoms with Crippen LogP contribution in [-0.4, -0.2) is 32.5 Å². The molecule has 0 aromatic carbocycles. The molecule has 1 heterocycles. The van der Waals surface area contributed by atoms with Crippen LogP contribution >= 0.6 is 0 Å². The number of piperidine rings is 1. The molecule has 0 saturated carbocycles. The Labute approximate surface area is 81.3 Å². The number of carbonyl (C=O) groups excluding carboxylic acids is 1. The van der Waals surface area contributed by atoms with Crippen molar-refractivity contribution < 1.29 is 4.79 Å². The quantitative estimate of drug-likeness (QED) is 0.627. The maximum Gasteiger partial charge on any atom is 0.122 e. The van der Waals surface area contributed by atoms with Crippen LogP contribution in [0.3, 0.4) is 0 Å². The van der Waals surface area contributed by atoms with E-state index in [-0.39, 0.29) is 5.92 Å². The van der Waals surface area contributed by atoms with Crippen molar-refractivity contribution in [1.82, 2.24) is 10.6 Å². The zero-order valence-electron chi connectivity index (χ0n) is 8.97. The number of hydrogen-bond donors (Lipinski definition) is 2. The lowest BCUT2D eigenvalue weighted by molar-refractivity contribution is -0.110. The highest BCUT2D eigenvalue weighted by molar-refractivity contribution is 5.51. The normalized spacial score (nSPS) is 17.8. The monoisotopic (exact) mass is 186 g/mol. The van der Waals surface area contributed by atoms with Crippen molar-refractivity contribution in [3.63, 3.8) is 0 Å². The van der Waals surface area contributed by atoms with Gasteiger partial charge in [-0.15, -0.1) is 0 Å². The van der Waals surface area contributed by atoms with Crippen LogP contribution in [-0.2, 0) is 4.79 Å². The van der Waals surface area contributed by atoms with E-state index in [1.165, 1.54) is 25.9 Å². The number of aldehydes is 1. The second-order valence-corrected chi connectivity index (χ2v) is 3.69. The van der Waals surface area contributed by atoms with E-state index in [0.29, 0.717) is 0 Å². The summed E-state index contributed by atoms with van der Waals surface area (Å²) in [5.74, 6) is 0.204. The molecule has 3 nitrogen and oxygen atoms in total. The van der Waals surface area contributed by atoms with Crippen LogP contribution in [0.1, 0.15) is 26.7 Å². The Bertz CT molecular complexity index is 120. The van der Waals surface area contributed by atoms with Gasteiger partial charge in [0.15, 0.2) is 0 Å². The minimum Gasteiger partial charge on any atom is -0.317 e. The van der Waals surface area contributed by atoms with Crippen LogP contribution in [0.25, 0.3) is 0 Å². The van der Waals surface area contributed by atoms with Gasteiger partial charge in [0.25, 0.3) is 0 Å². The fraction of sp³-hybridized carbons (Fsp3) is 0.900. The van der Waals surface area contributed by atoms with Gasteiger partial charge in [-0.05, 0) is 33.0 Å². The van der Waals surface area contributed by atoms with Gasteiger partial charge in [-0.2, -0.15) is 0 Å². The maximum atomic E-state index is 9.50. The Morgan fingerprint density at radius 3 is 2.08 bits per heavy atom. The Kier molecular flexibility index (Phi) is 7.94. The lowest BCUT2D eigenvalue weighted by Gasteiger charge is -2.21. The van der Waals surface area contributed by atoms with Crippen LogP contribution in [0.5, 0.6) is 0 Å². The summed E-state index contributed by atoms with van der Waals surface area (Å²) in [5.41, 5.74) is 0. The second-order valence-electron chi connectivity index (χ2n) is 3.69. The largest absolute Gasteiger partial charge is 0.317 e. The van der Waals surface area contributed by atoms with E-state index in [4.69, 9.17) is 0 Å². The maximum absolute atomic E-state index is 9.50. The molecular formula is C10H22N2O. The average Bonchev–Trinajstić information content (AvgIpc) is 2.20. The number of hydrogen-bond acceptors (Lipinski definition) is 3. The Morgan fingerprint density at radius 1 is 1.38 bits per heavy atom. The molecule has 1 aliphatic heterocycles. The topological polar surface area (TPSA) is 41.1 Å². The van der Waals surface area contributed by atoms with E-state index < -0.39 is 0 Å². The molecule has 0 spiro atoms. The highest BCUT2D eigenvalue weighted by Gasteiger charge is 2.08. The van der Waals surface area contributed by atoms with Crippen LogP contribution in [0.2, 0.25) is 0 Å². The predicted octanol–water partition coefficient (Wildman–Crippen LogP) is 0.799. The minimum absolute atomic E-state index is 0.204. The third-order valence-corrected chi connectivity index (χ3v) is 2.02. The van der Waals surface area contributed by atoms with Gasteiger partial charge in [0.05, 0.1) is 0 Å². The minimum atomic E-state index is 0.204. The summed E-state index contributed by atoms with van der Waals surface area (Å²) in [5, 5.41) is 6.57. The molecule has 0 aromatic heterocycles. The molecule has 0 amide bonds. The van der Waals surface area contributed by atoms with Gasteiger partial charge in [0.2, 0.25) is 0 Å². The number of carbonyl (C=O) groups is 1. The van der Waals surface area contributed by atoms with Crippen LogP contribution < -0.4 is 10.6 Å². The van der Waals surface area contributed by atoms with Gasteiger partial charge in [-0.1, -0.05) is 13.8 Å². The molecule has 0 unspecified atom stereocenters. The summed E-state index contributed by atoms with van der Waals surface area (Å²) in [6, 6.07) is 0.774. The van der Waals surface area contributed by atoms with Crippen LogP contribution in [0.4, 0.5) is 0 Å². The van der Waals surface area contributed by atoms with Gasteiger partial charge >= 0.3 is 0 Å². The highest BCUT2D eigenvalue weighted by Crippen LogP contribution is 1.99. The van der Waals surface area contributed by atoms with Crippen molar-refractivity contribution in [2.75, 3.05) is 20.1 Å². The summed E-state index contributed by atoms with van der Waals surface area (Å²) in [6.07, 6.45) is 3.49. The van der Waals surface area contributed by atoms with Gasteiger partial charge in [0.1, 0.15) is 6.29 Å². The third kappa shape index (κ3) is 7.94. The first-order valence-corrected chi connectivity index (χ1v) is 5.04. The molecule has 0 atom stereocenters. The summed E-state index contributed by atoms with van der Waals surface area (Å²) in [4.78, 5) is 9.50. The van der Waals surface area contributed by atoms with E-state index in [9.17, 15) is 4.79 Å². The van der Waals surface area contributed by atoms with Gasteiger partial charge in [-0.25, -0.2) is 0 Å². The molecule has 3 heteroatoms. The fourth-order valence-corrected chi connectivity index (χ4v) is 1.11. The highest BCUT2D eigenvalue weighted by atomic mass is 16.1. The lowest BCUT2D eigenvalue weighted by Crippen LogP contribution is -2.37. The summed E-state index contributed by atoms with van der Waals surface area (Å²) < 4.78 is 0. The summed E-state index contributed by atoms with van der Waals surface area (Å²) in [6.45, 7) is 6.08. The predicted molar refractivity (Wildman–Crippen MR) is 55.9 cm³/mol. The molecule has 78 valence electrons. The van der Waals surface area contributed by atoms with E-state index in [0.717, 1.165) is 12.3 Å². The Morgan fingerprint density at radius 2 is 1.85 bits per heavy atom. The Hall–Kier alpha value is -0.410. The molecular weight excluding hydrogens is 164 g/mol. The molecule has 1 aliphatic rings. The molecule has 1 saturated heterocycles. The second kappa shape index (κ2) is 8.20. The van der Waals surface area contributed by atoms with Gasteiger partial charge < -0.3 is 15.4 Å². The molecule has 0 bridgehead atoms. The molecule has 0 radical (unpaired) electrons. The Balaban J connectivity index is 0.000000252. The summed E-state index contributed by atoms with van der Waals surface area (Å²) in [7, 11) is 2.04. The smallest absolute Gasteiger partial charge is 0.122 e. The molecule has 0 aromatic rings. The fourth-order valence-electron chi connectivity index (χ4n) is 1.11. The lowest BCUT2D eigenvalue weighted by atomic mass is 10.1. The first-order chi connectivity index (χ1) is 6.20. The van der Waals surface area contributed by atoms with E-state index in [2.05, 4.69) is 10.6 Å². The summed E-state index contributed by atoms with van der Waals surface area (Å²) >= 11 is 0. The number of rotatable bonds is 2. The SMILES string of the molecule is CC(C)C=O.CNC1CCNCC1. The van der Waals surface area contributed by atoms with Crippen LogP contribution in [0.15, 0.2) is 0 Å². The third-order valence-electron chi connectivity index (χ3n) is 2.02. The molecule has 13 heavy (non-hydrogen) atoms. The van der Waals surface area contributed by atoms with Crippen LogP contribution in [0, 0.1) is 5.92 Å². The zero-order valence-corrected chi connectivity index (χ0v) is 8.97. The van der Waals surface area contributed by atoms with Crippen molar-refractivity contribution in [1.29, 1.82) is 0 Å². The first-order valence-electron chi connectivity index (χ1n) is 5.04. The van der Waals surface area contributed by atoms with E-state index in [1.807, 2.05) is 20.9 Å². The number of nitrogens with one attached hydrogen (secondary N) is 2. The molecule has 1 fully saturated rings. The molecule has 0 aliphatic carbocycles. The van der Waals surface area contributed by atoms with Gasteiger partial charge in [-0.3, -0.25) is 0 Å². The molecule has 1 rings (SSSR count). The van der Waals surface area contributed by atoms with Crippen molar-refractivity contribution in [3.8, 4) is 0 Å². The first kappa shape index (κ1) is 12.6. The average molecular weight is 186 g/mol. The van der Waals surface area contributed by atoms with E-state index >= 15 is 0 Å². The zero-order chi connectivity index (χ0) is 10.1. The van der Waals surface area contributed by atoms with Crippen molar-refractivity contribution in [3.05, 3.63) is 0 Å². The molecule has 2 N–H and O–H groups in total. The van der Waals surface area contributed by atoms with Gasteiger partial charge in [0, 0.05) is 12.0 Å². The van der Waals surface area contributed by atoms with E-state index in [1.54, 1.807) is 0 Å². The van der Waals surface area contributed by atoms with Crippen molar-refractivity contribution in [2.24, 2.45) is 5.92 Å². The van der Waals surface area contributed by atoms with Crippen molar-refractivity contribution in [2.45, 2.75) is 32.7 Å². The standard InChI is InChI=1S/C6H14N2.C4H8O/c1-7-6-2-4-8-5-3-6;1-4(2)3-5/h6-8H,2-5H2,1H3;3-4H,1-2H3.